The molecule has 0 saturated carbocycles. The van der Waals surface area contributed by atoms with E-state index in [0.717, 1.165) is 22.2 Å². The summed E-state index contributed by atoms with van der Waals surface area (Å²) in [6, 6.07) is 20.3. The first-order valence-electron chi connectivity index (χ1n) is 8.08. The molecular formula is C21H14ClN3O. The van der Waals surface area contributed by atoms with Crippen molar-refractivity contribution < 1.29 is 4.79 Å². The molecule has 0 aliphatic rings. The highest BCUT2D eigenvalue weighted by Gasteiger charge is 2.14. The maximum atomic E-state index is 12.9. The van der Waals surface area contributed by atoms with Gasteiger partial charge in [0.15, 0.2) is 0 Å². The van der Waals surface area contributed by atoms with Gasteiger partial charge in [-0.3, -0.25) is 9.78 Å². The Hall–Kier alpha value is -3.24. The molecule has 126 valence electrons. The number of hydrogen-bond acceptors (Lipinski definition) is 3. The molecule has 4 rings (SSSR count). The van der Waals surface area contributed by atoms with Gasteiger partial charge >= 0.3 is 0 Å². The first-order valence-corrected chi connectivity index (χ1v) is 8.45. The highest BCUT2D eigenvalue weighted by molar-refractivity contribution is 6.30. The van der Waals surface area contributed by atoms with Crippen molar-refractivity contribution in [2.24, 2.45) is 0 Å². The van der Waals surface area contributed by atoms with Crippen molar-refractivity contribution in [1.82, 2.24) is 9.97 Å². The number of benzene rings is 2. The molecule has 0 bridgehead atoms. The molecule has 0 aliphatic heterocycles. The van der Waals surface area contributed by atoms with Crippen molar-refractivity contribution in [3.63, 3.8) is 0 Å². The van der Waals surface area contributed by atoms with E-state index < -0.39 is 0 Å². The number of carbonyl (C=O) groups is 1. The summed E-state index contributed by atoms with van der Waals surface area (Å²) in [5.41, 5.74) is 3.65. The van der Waals surface area contributed by atoms with E-state index in [1.165, 1.54) is 0 Å². The van der Waals surface area contributed by atoms with Crippen LogP contribution in [0.2, 0.25) is 5.02 Å². The molecule has 4 nitrogen and oxygen atoms in total. The molecule has 0 unspecified atom stereocenters. The maximum Gasteiger partial charge on any atom is 0.256 e. The van der Waals surface area contributed by atoms with Crippen molar-refractivity contribution in [3.05, 3.63) is 89.7 Å². The molecule has 4 aromatic rings. The number of nitrogens with one attached hydrogen (secondary N) is 1. The second-order valence-corrected chi connectivity index (χ2v) is 6.21. The van der Waals surface area contributed by atoms with Gasteiger partial charge < -0.3 is 5.32 Å². The number of fused-ring (bicyclic) bond motifs is 1. The van der Waals surface area contributed by atoms with Crippen molar-refractivity contribution >= 4 is 34.1 Å². The standard InChI is InChI=1S/C21H14ClN3O/c22-15-7-5-14(6-8-15)20-13-18(17-3-1-2-4-19(17)25-20)21(26)24-16-9-11-23-12-10-16/h1-13H,(H,23,24,26). The highest BCUT2D eigenvalue weighted by atomic mass is 35.5. The zero-order valence-corrected chi connectivity index (χ0v) is 14.4. The predicted octanol–water partition coefficient (Wildman–Crippen LogP) is 5.20. The SMILES string of the molecule is O=C(Nc1ccncc1)c1cc(-c2ccc(Cl)cc2)nc2ccccc12. The molecule has 1 amide bonds. The lowest BCUT2D eigenvalue weighted by atomic mass is 10.0. The summed E-state index contributed by atoms with van der Waals surface area (Å²) in [6.07, 6.45) is 3.28. The van der Waals surface area contributed by atoms with Gasteiger partial charge in [-0.05, 0) is 36.4 Å². The molecule has 0 radical (unpaired) electrons. The number of hydrogen-bond donors (Lipinski definition) is 1. The molecule has 2 heterocycles. The van der Waals surface area contributed by atoms with E-state index in [9.17, 15) is 4.79 Å². The summed E-state index contributed by atoms with van der Waals surface area (Å²) < 4.78 is 0. The van der Waals surface area contributed by atoms with Crippen molar-refractivity contribution in [2.75, 3.05) is 5.32 Å². The van der Waals surface area contributed by atoms with Gasteiger partial charge in [0.25, 0.3) is 5.91 Å². The number of carbonyl (C=O) groups excluding carboxylic acids is 1. The third-order valence-corrected chi connectivity index (χ3v) is 4.29. The van der Waals surface area contributed by atoms with Gasteiger partial charge in [-0.1, -0.05) is 41.9 Å². The molecule has 0 atom stereocenters. The Bertz CT molecular complexity index is 1080. The summed E-state index contributed by atoms with van der Waals surface area (Å²) in [5, 5.41) is 4.37. The van der Waals surface area contributed by atoms with Gasteiger partial charge in [0, 0.05) is 34.1 Å². The average molecular weight is 360 g/mol. The number of nitrogens with zero attached hydrogens (tertiary/aromatic N) is 2. The quantitative estimate of drug-likeness (QED) is 0.546. The molecule has 1 N–H and O–H groups in total. The number of amides is 1. The number of aromatic nitrogens is 2. The summed E-state index contributed by atoms with van der Waals surface area (Å²) in [7, 11) is 0. The Morgan fingerprint density at radius 2 is 1.65 bits per heavy atom. The molecule has 2 aromatic carbocycles. The van der Waals surface area contributed by atoms with Gasteiger partial charge in [0.05, 0.1) is 16.8 Å². The lowest BCUT2D eigenvalue weighted by Gasteiger charge is -2.10. The highest BCUT2D eigenvalue weighted by Crippen LogP contribution is 2.26. The van der Waals surface area contributed by atoms with Crippen LogP contribution >= 0.6 is 11.6 Å². The van der Waals surface area contributed by atoms with Crippen molar-refractivity contribution in [1.29, 1.82) is 0 Å². The lowest BCUT2D eigenvalue weighted by Crippen LogP contribution is -2.13. The van der Waals surface area contributed by atoms with Crippen LogP contribution in [0.15, 0.2) is 79.1 Å². The molecule has 26 heavy (non-hydrogen) atoms. The second kappa shape index (κ2) is 6.94. The molecular weight excluding hydrogens is 346 g/mol. The number of anilines is 1. The van der Waals surface area contributed by atoms with Crippen LogP contribution in [0.3, 0.4) is 0 Å². The van der Waals surface area contributed by atoms with E-state index in [1.807, 2.05) is 54.6 Å². The summed E-state index contributed by atoms with van der Waals surface area (Å²) in [5.74, 6) is -0.190. The minimum atomic E-state index is -0.190. The Labute approximate surface area is 155 Å². The Balaban J connectivity index is 1.82. The van der Waals surface area contributed by atoms with E-state index >= 15 is 0 Å². The van der Waals surface area contributed by atoms with Crippen LogP contribution in [0.25, 0.3) is 22.2 Å². The van der Waals surface area contributed by atoms with Crippen LogP contribution in [0.5, 0.6) is 0 Å². The largest absolute Gasteiger partial charge is 0.322 e. The first-order chi connectivity index (χ1) is 12.7. The van der Waals surface area contributed by atoms with Crippen LogP contribution in [0, 0.1) is 0 Å². The fourth-order valence-corrected chi connectivity index (χ4v) is 2.89. The van der Waals surface area contributed by atoms with Gasteiger partial charge in [0.2, 0.25) is 0 Å². The number of rotatable bonds is 3. The van der Waals surface area contributed by atoms with E-state index in [0.29, 0.717) is 16.3 Å². The fourth-order valence-electron chi connectivity index (χ4n) is 2.77. The maximum absolute atomic E-state index is 12.9. The van der Waals surface area contributed by atoms with Crippen LogP contribution < -0.4 is 5.32 Å². The van der Waals surface area contributed by atoms with E-state index in [4.69, 9.17) is 16.6 Å². The minimum Gasteiger partial charge on any atom is -0.322 e. The monoisotopic (exact) mass is 359 g/mol. The third-order valence-electron chi connectivity index (χ3n) is 4.04. The number of halogens is 1. The zero-order chi connectivity index (χ0) is 17.9. The van der Waals surface area contributed by atoms with Gasteiger partial charge in [0.1, 0.15) is 0 Å². The number of para-hydroxylation sites is 1. The number of pyridine rings is 2. The molecule has 2 aromatic heterocycles. The average Bonchev–Trinajstić information content (AvgIpc) is 2.68. The Morgan fingerprint density at radius 1 is 0.923 bits per heavy atom. The minimum absolute atomic E-state index is 0.190. The Morgan fingerprint density at radius 3 is 2.42 bits per heavy atom. The van der Waals surface area contributed by atoms with Gasteiger partial charge in [-0.2, -0.15) is 0 Å². The van der Waals surface area contributed by atoms with E-state index in [-0.39, 0.29) is 5.91 Å². The molecule has 0 spiro atoms. The van der Waals surface area contributed by atoms with Crippen LogP contribution in [-0.4, -0.2) is 15.9 Å². The predicted molar refractivity (Wildman–Crippen MR) is 104 cm³/mol. The van der Waals surface area contributed by atoms with Crippen LogP contribution in [0.4, 0.5) is 5.69 Å². The molecule has 0 aliphatic carbocycles. The Kier molecular flexibility index (Phi) is 4.33. The smallest absolute Gasteiger partial charge is 0.256 e. The van der Waals surface area contributed by atoms with E-state index in [1.54, 1.807) is 24.5 Å². The fraction of sp³-hybridized carbons (Fsp3) is 0. The topological polar surface area (TPSA) is 54.9 Å². The zero-order valence-electron chi connectivity index (χ0n) is 13.7. The summed E-state index contributed by atoms with van der Waals surface area (Å²) >= 11 is 5.98. The summed E-state index contributed by atoms with van der Waals surface area (Å²) in [4.78, 5) is 21.5. The van der Waals surface area contributed by atoms with Crippen molar-refractivity contribution in [2.45, 2.75) is 0 Å². The molecule has 0 saturated heterocycles. The molecule has 0 fully saturated rings. The van der Waals surface area contributed by atoms with Crippen molar-refractivity contribution in [3.8, 4) is 11.3 Å². The third kappa shape index (κ3) is 3.27. The second-order valence-electron chi connectivity index (χ2n) is 5.77. The summed E-state index contributed by atoms with van der Waals surface area (Å²) in [6.45, 7) is 0. The normalized spacial score (nSPS) is 10.7. The molecule has 5 heteroatoms. The van der Waals surface area contributed by atoms with Gasteiger partial charge in [-0.25, -0.2) is 4.98 Å². The van der Waals surface area contributed by atoms with Gasteiger partial charge in [-0.15, -0.1) is 0 Å². The van der Waals surface area contributed by atoms with Crippen LogP contribution in [-0.2, 0) is 0 Å². The van der Waals surface area contributed by atoms with E-state index in [2.05, 4.69) is 10.3 Å². The van der Waals surface area contributed by atoms with Crippen LogP contribution in [0.1, 0.15) is 10.4 Å². The lowest BCUT2D eigenvalue weighted by molar-refractivity contribution is 0.102. The first kappa shape index (κ1) is 16.2.